The van der Waals surface area contributed by atoms with E-state index in [1.165, 1.54) is 6.07 Å². The molecule has 0 unspecified atom stereocenters. The fraction of sp³-hybridized carbons (Fsp3) is 0.350. The highest BCUT2D eigenvalue weighted by Gasteiger charge is 2.51. The van der Waals surface area contributed by atoms with Crippen molar-refractivity contribution in [3.63, 3.8) is 0 Å². The molecule has 0 aromatic heterocycles. The molecule has 190 valence electrons. The van der Waals surface area contributed by atoms with Crippen molar-refractivity contribution in [2.75, 3.05) is 19.7 Å². The lowest BCUT2D eigenvalue weighted by Crippen LogP contribution is -2.48. The van der Waals surface area contributed by atoms with E-state index in [9.17, 15) is 54.6 Å². The zero-order chi connectivity index (χ0) is 26.4. The van der Waals surface area contributed by atoms with Crippen LogP contribution in [0.25, 0.3) is 0 Å². The average Bonchev–Trinajstić information content (AvgIpc) is 3.09. The summed E-state index contributed by atoms with van der Waals surface area (Å²) < 4.78 is 123. The fourth-order valence-corrected chi connectivity index (χ4v) is 5.06. The van der Waals surface area contributed by atoms with Gasteiger partial charge in [-0.15, -0.1) is 0 Å². The van der Waals surface area contributed by atoms with Crippen molar-refractivity contribution in [3.05, 3.63) is 58.9 Å². The van der Waals surface area contributed by atoms with Crippen LogP contribution in [0.1, 0.15) is 16.7 Å². The number of halogens is 7. The van der Waals surface area contributed by atoms with E-state index in [1.54, 1.807) is 0 Å². The number of hydrogen-bond acceptors (Lipinski definition) is 6. The highest BCUT2D eigenvalue weighted by Crippen LogP contribution is 2.36. The normalized spacial score (nSPS) is 21.7. The summed E-state index contributed by atoms with van der Waals surface area (Å²) in [6.07, 6.45) is -11.5. The Bertz CT molecular complexity index is 1270. The third kappa shape index (κ3) is 5.20. The minimum Gasteiger partial charge on any atom is -0.486 e. The van der Waals surface area contributed by atoms with Crippen LogP contribution in [0.2, 0.25) is 0 Å². The van der Waals surface area contributed by atoms with E-state index in [4.69, 9.17) is 4.74 Å². The summed E-state index contributed by atoms with van der Waals surface area (Å²) in [5, 5.41) is 29.5. The van der Waals surface area contributed by atoms with Crippen molar-refractivity contribution < 1.29 is 54.1 Å². The zero-order valence-corrected chi connectivity index (χ0v) is 18.0. The molecular formula is C20H15F7N2O5S. The minimum atomic E-state index is -4.99. The molecule has 35 heavy (non-hydrogen) atoms. The topological polar surface area (TPSA) is 111 Å². The van der Waals surface area contributed by atoms with Gasteiger partial charge in [-0.05, 0) is 30.3 Å². The summed E-state index contributed by atoms with van der Waals surface area (Å²) >= 11 is 0. The Balaban J connectivity index is 1.92. The summed E-state index contributed by atoms with van der Waals surface area (Å²) in [6, 6.07) is 4.16. The van der Waals surface area contributed by atoms with Crippen LogP contribution >= 0.6 is 0 Å². The van der Waals surface area contributed by atoms with Crippen LogP contribution in [0.3, 0.4) is 0 Å². The molecule has 15 heteroatoms. The number of benzene rings is 2. The smallest absolute Gasteiger partial charge is 0.419 e. The van der Waals surface area contributed by atoms with Gasteiger partial charge in [-0.1, -0.05) is 0 Å². The molecule has 0 spiro atoms. The number of ether oxygens (including phenoxy) is 1. The Morgan fingerprint density at radius 1 is 1.11 bits per heavy atom. The Labute approximate surface area is 193 Å². The van der Waals surface area contributed by atoms with Gasteiger partial charge in [0.1, 0.15) is 29.3 Å². The molecule has 0 saturated carbocycles. The standard InChI is InChI=1S/C20H15F7N2O5S/c21-15-6-13(2-3-14(15)20(25,26)27)34-17-8-29(9-18(17,31)10-30)35(32,33)16-4-1-12(19(22,23)24)5-11(16)7-28/h1-6,17,30-31H,8-10H2/t17-,18+/m0/s1. The van der Waals surface area contributed by atoms with Crippen molar-refractivity contribution in [2.24, 2.45) is 0 Å². The number of nitriles is 1. The Morgan fingerprint density at radius 3 is 2.29 bits per heavy atom. The summed E-state index contributed by atoms with van der Waals surface area (Å²) in [7, 11) is -4.71. The van der Waals surface area contributed by atoms with Crippen molar-refractivity contribution in [1.82, 2.24) is 4.31 Å². The van der Waals surface area contributed by atoms with Crippen LogP contribution < -0.4 is 4.74 Å². The van der Waals surface area contributed by atoms with Crippen LogP contribution in [0.15, 0.2) is 41.3 Å². The molecule has 0 bridgehead atoms. The molecule has 1 aliphatic rings. The minimum absolute atomic E-state index is 0.333. The second-order valence-electron chi connectivity index (χ2n) is 7.63. The van der Waals surface area contributed by atoms with Gasteiger partial charge in [0.05, 0.1) is 34.7 Å². The van der Waals surface area contributed by atoms with E-state index in [1.807, 2.05) is 0 Å². The number of rotatable bonds is 5. The lowest BCUT2D eigenvalue weighted by atomic mass is 10.0. The maximum Gasteiger partial charge on any atom is 0.419 e. The summed E-state index contributed by atoms with van der Waals surface area (Å²) in [6.45, 7) is -2.66. The molecule has 2 aromatic rings. The molecule has 2 N–H and O–H groups in total. The Hall–Kier alpha value is -2.93. The highest BCUT2D eigenvalue weighted by atomic mass is 32.2. The van der Waals surface area contributed by atoms with Gasteiger partial charge in [0, 0.05) is 12.6 Å². The van der Waals surface area contributed by atoms with E-state index >= 15 is 0 Å². The van der Waals surface area contributed by atoms with Crippen molar-refractivity contribution in [2.45, 2.75) is 29.0 Å². The van der Waals surface area contributed by atoms with Crippen molar-refractivity contribution >= 4 is 10.0 Å². The Morgan fingerprint density at radius 2 is 1.77 bits per heavy atom. The lowest BCUT2D eigenvalue weighted by Gasteiger charge is -2.27. The van der Waals surface area contributed by atoms with Gasteiger partial charge < -0.3 is 14.9 Å². The Kier molecular flexibility index (Phi) is 6.81. The first-order chi connectivity index (χ1) is 16.0. The molecule has 0 radical (unpaired) electrons. The predicted octanol–water partition coefficient (Wildman–Crippen LogP) is 2.91. The van der Waals surface area contributed by atoms with Crippen LogP contribution in [-0.2, 0) is 22.4 Å². The second-order valence-corrected chi connectivity index (χ2v) is 9.53. The van der Waals surface area contributed by atoms with E-state index in [0.29, 0.717) is 34.6 Å². The fourth-order valence-electron chi connectivity index (χ4n) is 3.43. The van der Waals surface area contributed by atoms with Crippen LogP contribution in [-0.4, -0.2) is 54.3 Å². The van der Waals surface area contributed by atoms with Crippen LogP contribution in [0.4, 0.5) is 30.7 Å². The number of β-amino-alcohol motifs (C(OH)–C–C–N with tert-alkyl or cyclic N) is 1. The molecule has 7 nitrogen and oxygen atoms in total. The first-order valence-corrected chi connectivity index (χ1v) is 10.9. The van der Waals surface area contributed by atoms with E-state index in [2.05, 4.69) is 0 Å². The lowest BCUT2D eigenvalue weighted by molar-refractivity contribution is -0.140. The molecule has 1 saturated heterocycles. The third-order valence-corrected chi connectivity index (χ3v) is 7.13. The van der Waals surface area contributed by atoms with E-state index in [0.717, 1.165) is 6.07 Å². The predicted molar refractivity (Wildman–Crippen MR) is 103 cm³/mol. The molecule has 1 aliphatic heterocycles. The number of alkyl halides is 6. The number of nitrogens with zero attached hydrogens (tertiary/aromatic N) is 2. The molecular weight excluding hydrogens is 513 g/mol. The molecule has 0 amide bonds. The maximum absolute atomic E-state index is 13.9. The van der Waals surface area contributed by atoms with Gasteiger partial charge in [0.2, 0.25) is 10.0 Å². The molecule has 1 heterocycles. The quantitative estimate of drug-likeness (QED) is 0.578. The zero-order valence-electron chi connectivity index (χ0n) is 17.2. The van der Waals surface area contributed by atoms with Gasteiger partial charge in [-0.2, -0.15) is 35.9 Å². The maximum atomic E-state index is 13.9. The van der Waals surface area contributed by atoms with Crippen LogP contribution in [0.5, 0.6) is 5.75 Å². The largest absolute Gasteiger partial charge is 0.486 e. The van der Waals surface area contributed by atoms with E-state index < -0.39 is 86.9 Å². The first-order valence-electron chi connectivity index (χ1n) is 9.51. The summed E-state index contributed by atoms with van der Waals surface area (Å²) in [5.41, 5.74) is -6.01. The SMILES string of the molecule is N#Cc1cc(C(F)(F)F)ccc1S(=O)(=O)N1C[C@H](Oc2ccc(C(F)(F)F)c(F)c2)[C@](O)(CO)C1. The van der Waals surface area contributed by atoms with Crippen molar-refractivity contribution in [3.8, 4) is 11.8 Å². The number of hydrogen-bond donors (Lipinski definition) is 2. The average molecular weight is 528 g/mol. The summed E-state index contributed by atoms with van der Waals surface area (Å²) in [5.74, 6) is -2.22. The second kappa shape index (κ2) is 8.94. The van der Waals surface area contributed by atoms with Crippen LogP contribution in [0, 0.1) is 17.1 Å². The molecule has 1 fully saturated rings. The van der Waals surface area contributed by atoms with Gasteiger partial charge >= 0.3 is 12.4 Å². The van der Waals surface area contributed by atoms with Crippen molar-refractivity contribution in [1.29, 1.82) is 5.26 Å². The van der Waals surface area contributed by atoms with Gasteiger partial charge in [0.25, 0.3) is 0 Å². The number of sulfonamides is 1. The van der Waals surface area contributed by atoms with Gasteiger partial charge in [0.15, 0.2) is 0 Å². The van der Waals surface area contributed by atoms with Gasteiger partial charge in [-0.3, -0.25) is 0 Å². The third-order valence-electron chi connectivity index (χ3n) is 5.26. The number of aliphatic hydroxyl groups is 2. The molecule has 3 rings (SSSR count). The van der Waals surface area contributed by atoms with E-state index in [-0.39, 0.29) is 0 Å². The van der Waals surface area contributed by atoms with Gasteiger partial charge in [-0.25, -0.2) is 12.8 Å². The summed E-state index contributed by atoms with van der Waals surface area (Å²) in [4.78, 5) is -0.811. The highest BCUT2D eigenvalue weighted by molar-refractivity contribution is 7.89. The molecule has 2 atom stereocenters. The molecule has 0 aliphatic carbocycles. The first kappa shape index (κ1) is 26.7. The number of aliphatic hydroxyl groups excluding tert-OH is 1. The monoisotopic (exact) mass is 528 g/mol. The molecule has 2 aromatic carbocycles.